The van der Waals surface area contributed by atoms with Crippen LogP contribution in [-0.4, -0.2) is 31.8 Å². The smallest absolute Gasteiger partial charge is 0.259 e. The van der Waals surface area contributed by atoms with Gasteiger partial charge in [0.05, 0.1) is 20.8 Å². The van der Waals surface area contributed by atoms with Gasteiger partial charge in [-0.25, -0.2) is 0 Å². The van der Waals surface area contributed by atoms with Crippen molar-refractivity contribution in [2.75, 3.05) is 20.8 Å². The third-order valence-electron chi connectivity index (χ3n) is 3.59. The van der Waals surface area contributed by atoms with Crippen LogP contribution in [0.5, 0.6) is 23.0 Å². The Morgan fingerprint density at radius 2 is 1.80 bits per heavy atom. The van der Waals surface area contributed by atoms with Gasteiger partial charge in [-0.2, -0.15) is 0 Å². The van der Waals surface area contributed by atoms with E-state index in [0.717, 1.165) is 17.7 Å². The standard InChI is InChI=1S/C19H23NO5/c1-4-9-25-15-10-16(21)18(17(11-15)24-3)19(22)20-12-13-5-7-14(23-2)8-6-13/h5-8,10-11,21H,4,9,12H2,1-3H3,(H,20,22). The van der Waals surface area contributed by atoms with Crippen molar-refractivity contribution in [3.8, 4) is 23.0 Å². The first kappa shape index (κ1) is 18.4. The molecule has 0 aliphatic heterocycles. The Bertz CT molecular complexity index is 712. The predicted octanol–water partition coefficient (Wildman–Crippen LogP) is 3.13. The summed E-state index contributed by atoms with van der Waals surface area (Å²) < 4.78 is 15.8. The molecule has 25 heavy (non-hydrogen) atoms. The molecule has 0 atom stereocenters. The molecule has 0 saturated carbocycles. The van der Waals surface area contributed by atoms with E-state index in [9.17, 15) is 9.90 Å². The molecule has 2 aromatic rings. The lowest BCUT2D eigenvalue weighted by Gasteiger charge is -2.14. The molecular weight excluding hydrogens is 322 g/mol. The minimum absolute atomic E-state index is 0.0832. The first-order valence-corrected chi connectivity index (χ1v) is 8.04. The van der Waals surface area contributed by atoms with Crippen molar-refractivity contribution >= 4 is 5.91 Å². The van der Waals surface area contributed by atoms with Crippen LogP contribution in [0, 0.1) is 0 Å². The fraction of sp³-hybridized carbons (Fsp3) is 0.316. The number of hydrogen-bond acceptors (Lipinski definition) is 5. The van der Waals surface area contributed by atoms with E-state index in [1.165, 1.54) is 13.2 Å². The predicted molar refractivity (Wildman–Crippen MR) is 94.6 cm³/mol. The number of phenols is 1. The van der Waals surface area contributed by atoms with Gasteiger partial charge in [0.1, 0.15) is 28.6 Å². The highest BCUT2D eigenvalue weighted by molar-refractivity contribution is 5.99. The summed E-state index contributed by atoms with van der Waals surface area (Å²) in [6, 6.07) is 10.4. The number of nitrogens with one attached hydrogen (secondary N) is 1. The molecule has 0 heterocycles. The number of hydrogen-bond donors (Lipinski definition) is 2. The number of aromatic hydroxyl groups is 1. The van der Waals surface area contributed by atoms with E-state index in [-0.39, 0.29) is 17.1 Å². The highest BCUT2D eigenvalue weighted by Gasteiger charge is 2.19. The maximum atomic E-state index is 12.5. The van der Waals surface area contributed by atoms with E-state index >= 15 is 0 Å². The van der Waals surface area contributed by atoms with Crippen LogP contribution in [0.1, 0.15) is 29.3 Å². The van der Waals surface area contributed by atoms with E-state index in [0.29, 0.717) is 18.9 Å². The number of benzene rings is 2. The molecule has 2 aromatic carbocycles. The number of amides is 1. The van der Waals surface area contributed by atoms with Gasteiger partial charge < -0.3 is 24.6 Å². The summed E-state index contributed by atoms with van der Waals surface area (Å²) in [7, 11) is 3.04. The minimum atomic E-state index is -0.424. The number of methoxy groups -OCH3 is 2. The Balaban J connectivity index is 2.11. The summed E-state index contributed by atoms with van der Waals surface area (Å²) in [5.41, 5.74) is 0.996. The van der Waals surface area contributed by atoms with Gasteiger partial charge in [-0.15, -0.1) is 0 Å². The summed E-state index contributed by atoms with van der Waals surface area (Å²) in [5, 5.41) is 13.0. The Morgan fingerprint density at radius 1 is 1.08 bits per heavy atom. The number of ether oxygens (including phenoxy) is 3. The van der Waals surface area contributed by atoms with Gasteiger partial charge in [0.15, 0.2) is 0 Å². The molecule has 0 spiro atoms. The van der Waals surface area contributed by atoms with Crippen LogP contribution in [0.15, 0.2) is 36.4 Å². The number of carbonyl (C=O) groups excluding carboxylic acids is 1. The lowest BCUT2D eigenvalue weighted by molar-refractivity contribution is 0.0945. The molecule has 0 aliphatic carbocycles. The average molecular weight is 345 g/mol. The molecule has 0 unspecified atom stereocenters. The van der Waals surface area contributed by atoms with Gasteiger partial charge in [0, 0.05) is 18.7 Å². The van der Waals surface area contributed by atoms with E-state index in [1.54, 1.807) is 13.2 Å². The molecule has 6 nitrogen and oxygen atoms in total. The fourth-order valence-corrected chi connectivity index (χ4v) is 2.28. The largest absolute Gasteiger partial charge is 0.507 e. The van der Waals surface area contributed by atoms with E-state index in [1.807, 2.05) is 31.2 Å². The first-order chi connectivity index (χ1) is 12.1. The Morgan fingerprint density at radius 3 is 2.40 bits per heavy atom. The lowest BCUT2D eigenvalue weighted by atomic mass is 10.1. The number of carbonyl (C=O) groups is 1. The molecule has 2 N–H and O–H groups in total. The first-order valence-electron chi connectivity index (χ1n) is 8.04. The molecule has 1 amide bonds. The monoisotopic (exact) mass is 345 g/mol. The van der Waals surface area contributed by atoms with Crippen LogP contribution >= 0.6 is 0 Å². The molecule has 0 aliphatic rings. The van der Waals surface area contributed by atoms with Gasteiger partial charge in [0.25, 0.3) is 5.91 Å². The van der Waals surface area contributed by atoms with Crippen LogP contribution in [0.4, 0.5) is 0 Å². The Hall–Kier alpha value is -2.89. The van der Waals surface area contributed by atoms with Crippen LogP contribution in [0.25, 0.3) is 0 Å². The molecular formula is C19H23NO5. The SMILES string of the molecule is CCCOc1cc(O)c(C(=O)NCc2ccc(OC)cc2)c(OC)c1. The molecule has 6 heteroatoms. The zero-order valence-electron chi connectivity index (χ0n) is 14.7. The van der Waals surface area contributed by atoms with Crippen molar-refractivity contribution in [1.82, 2.24) is 5.32 Å². The summed E-state index contributed by atoms with van der Waals surface area (Å²) in [6.45, 7) is 2.82. The van der Waals surface area contributed by atoms with Crippen molar-refractivity contribution in [2.24, 2.45) is 0 Å². The summed E-state index contributed by atoms with van der Waals surface area (Å²) in [5.74, 6) is 0.864. The second-order valence-electron chi connectivity index (χ2n) is 5.40. The third kappa shape index (κ3) is 4.79. The normalized spacial score (nSPS) is 10.2. The van der Waals surface area contributed by atoms with Crippen LogP contribution in [-0.2, 0) is 6.54 Å². The third-order valence-corrected chi connectivity index (χ3v) is 3.59. The van der Waals surface area contributed by atoms with Crippen LogP contribution in [0.3, 0.4) is 0 Å². The summed E-state index contributed by atoms with van der Waals surface area (Å²) in [4.78, 5) is 12.5. The van der Waals surface area contributed by atoms with Gasteiger partial charge in [-0.1, -0.05) is 19.1 Å². The van der Waals surface area contributed by atoms with Crippen LogP contribution in [0.2, 0.25) is 0 Å². The van der Waals surface area contributed by atoms with Gasteiger partial charge in [-0.05, 0) is 24.1 Å². The van der Waals surface area contributed by atoms with Crippen molar-refractivity contribution in [3.63, 3.8) is 0 Å². The van der Waals surface area contributed by atoms with Gasteiger partial charge >= 0.3 is 0 Å². The molecule has 134 valence electrons. The second-order valence-corrected chi connectivity index (χ2v) is 5.40. The van der Waals surface area contributed by atoms with Gasteiger partial charge in [0.2, 0.25) is 0 Å². The minimum Gasteiger partial charge on any atom is -0.507 e. The maximum Gasteiger partial charge on any atom is 0.259 e. The molecule has 0 saturated heterocycles. The van der Waals surface area contributed by atoms with Crippen molar-refractivity contribution < 1.29 is 24.1 Å². The highest BCUT2D eigenvalue weighted by Crippen LogP contribution is 2.33. The zero-order valence-corrected chi connectivity index (χ0v) is 14.7. The molecule has 0 aromatic heterocycles. The summed E-state index contributed by atoms with van der Waals surface area (Å²) >= 11 is 0. The molecule has 0 fully saturated rings. The number of rotatable bonds is 8. The Kier molecular flexibility index (Phi) is 6.51. The van der Waals surface area contributed by atoms with E-state index in [4.69, 9.17) is 14.2 Å². The number of phenolic OH excluding ortho intramolecular Hbond substituents is 1. The second kappa shape index (κ2) is 8.82. The van der Waals surface area contributed by atoms with E-state index < -0.39 is 5.91 Å². The molecule has 0 bridgehead atoms. The maximum absolute atomic E-state index is 12.5. The van der Waals surface area contributed by atoms with Gasteiger partial charge in [-0.3, -0.25) is 4.79 Å². The fourth-order valence-electron chi connectivity index (χ4n) is 2.28. The van der Waals surface area contributed by atoms with Crippen molar-refractivity contribution in [2.45, 2.75) is 19.9 Å². The van der Waals surface area contributed by atoms with Crippen molar-refractivity contribution in [1.29, 1.82) is 0 Å². The van der Waals surface area contributed by atoms with E-state index in [2.05, 4.69) is 5.32 Å². The molecule has 2 rings (SSSR count). The molecule has 0 radical (unpaired) electrons. The lowest BCUT2D eigenvalue weighted by Crippen LogP contribution is -2.23. The Labute approximate surface area is 147 Å². The quantitative estimate of drug-likeness (QED) is 0.769. The zero-order chi connectivity index (χ0) is 18.2. The van der Waals surface area contributed by atoms with Crippen LogP contribution < -0.4 is 19.5 Å². The van der Waals surface area contributed by atoms with Crippen molar-refractivity contribution in [3.05, 3.63) is 47.5 Å². The topological polar surface area (TPSA) is 77.0 Å². The average Bonchev–Trinajstić information content (AvgIpc) is 2.64. The summed E-state index contributed by atoms with van der Waals surface area (Å²) in [6.07, 6.45) is 0.840. The highest BCUT2D eigenvalue weighted by atomic mass is 16.5.